The van der Waals surface area contributed by atoms with Gasteiger partial charge in [-0.2, -0.15) is 0 Å². The molecule has 2 aromatic heterocycles. The molecule has 29 heavy (non-hydrogen) atoms. The van der Waals surface area contributed by atoms with Gasteiger partial charge in [0.1, 0.15) is 0 Å². The number of amides is 1. The number of anilines is 1. The highest BCUT2D eigenvalue weighted by molar-refractivity contribution is 7.22. The van der Waals surface area contributed by atoms with Crippen molar-refractivity contribution >= 4 is 55.2 Å². The Bertz CT molecular complexity index is 1190. The molecule has 8 heteroatoms. The highest BCUT2D eigenvalue weighted by Gasteiger charge is 2.24. The molecule has 6 nitrogen and oxygen atoms in total. The van der Waals surface area contributed by atoms with Crippen LogP contribution in [0.5, 0.6) is 0 Å². The average Bonchev–Trinajstić information content (AvgIpc) is 3.23. The van der Waals surface area contributed by atoms with E-state index < -0.39 is 0 Å². The third-order valence-corrected chi connectivity index (χ3v) is 6.82. The quantitative estimate of drug-likeness (QED) is 0.484. The van der Waals surface area contributed by atoms with Gasteiger partial charge in [-0.1, -0.05) is 29.0 Å². The Labute approximate surface area is 176 Å². The van der Waals surface area contributed by atoms with E-state index in [1.165, 1.54) is 0 Å². The Hall–Kier alpha value is -2.77. The van der Waals surface area contributed by atoms with E-state index in [1.807, 2.05) is 42.2 Å². The number of hydrogen-bond donors (Lipinski definition) is 0. The molecule has 0 aliphatic carbocycles. The van der Waals surface area contributed by atoms with Crippen LogP contribution in [0.2, 0.25) is 5.02 Å². The fourth-order valence-electron chi connectivity index (χ4n) is 3.61. The SMILES string of the molecule is Cc1ccc(Cl)c2sc(N3CCN(C(=O)c4ccc5nccnc5c4)CC3)nc12. The van der Waals surface area contributed by atoms with E-state index in [4.69, 9.17) is 16.6 Å². The summed E-state index contributed by atoms with van der Waals surface area (Å²) in [6.07, 6.45) is 3.29. The summed E-state index contributed by atoms with van der Waals surface area (Å²) in [5.74, 6) is 0.0281. The molecule has 0 saturated carbocycles. The van der Waals surface area contributed by atoms with Gasteiger partial charge < -0.3 is 9.80 Å². The van der Waals surface area contributed by atoms with Crippen molar-refractivity contribution in [2.45, 2.75) is 6.92 Å². The van der Waals surface area contributed by atoms with E-state index in [0.29, 0.717) is 18.7 Å². The minimum Gasteiger partial charge on any atom is -0.345 e. The molecule has 0 unspecified atom stereocenters. The molecule has 1 fully saturated rings. The number of piperazine rings is 1. The minimum absolute atomic E-state index is 0.0281. The number of aromatic nitrogens is 3. The molecule has 0 bridgehead atoms. The normalized spacial score (nSPS) is 14.7. The summed E-state index contributed by atoms with van der Waals surface area (Å²) < 4.78 is 1.03. The lowest BCUT2D eigenvalue weighted by atomic mass is 10.1. The predicted molar refractivity (Wildman–Crippen MR) is 117 cm³/mol. The van der Waals surface area contributed by atoms with Gasteiger partial charge in [0.25, 0.3) is 5.91 Å². The Kier molecular flexibility index (Phi) is 4.56. The van der Waals surface area contributed by atoms with E-state index in [2.05, 4.69) is 14.9 Å². The predicted octanol–water partition coefficient (Wildman–Crippen LogP) is 4.16. The van der Waals surface area contributed by atoms with Gasteiger partial charge in [0.2, 0.25) is 0 Å². The smallest absolute Gasteiger partial charge is 0.254 e. The third-order valence-electron chi connectivity index (χ3n) is 5.24. The molecular weight excluding hydrogens is 406 g/mol. The second-order valence-corrected chi connectivity index (χ2v) is 8.46. The first-order chi connectivity index (χ1) is 14.1. The van der Waals surface area contributed by atoms with E-state index in [9.17, 15) is 4.79 Å². The van der Waals surface area contributed by atoms with Gasteiger partial charge in [0.05, 0.1) is 26.3 Å². The van der Waals surface area contributed by atoms with E-state index in [1.54, 1.807) is 23.7 Å². The van der Waals surface area contributed by atoms with Gasteiger partial charge in [-0.3, -0.25) is 14.8 Å². The van der Waals surface area contributed by atoms with Crippen molar-refractivity contribution < 1.29 is 4.79 Å². The largest absolute Gasteiger partial charge is 0.345 e. The van der Waals surface area contributed by atoms with Crippen LogP contribution in [0.3, 0.4) is 0 Å². The number of halogens is 1. The molecule has 2 aromatic carbocycles. The summed E-state index contributed by atoms with van der Waals surface area (Å²) in [5.41, 5.74) is 4.26. The van der Waals surface area contributed by atoms with E-state index in [-0.39, 0.29) is 5.91 Å². The van der Waals surface area contributed by atoms with Crippen LogP contribution in [0.1, 0.15) is 15.9 Å². The molecule has 146 valence electrons. The molecule has 1 aliphatic heterocycles. The number of carbonyl (C=O) groups is 1. The maximum Gasteiger partial charge on any atom is 0.254 e. The molecule has 1 saturated heterocycles. The van der Waals surface area contributed by atoms with Gasteiger partial charge in [-0.15, -0.1) is 0 Å². The molecule has 1 aliphatic rings. The van der Waals surface area contributed by atoms with Crippen LogP contribution in [-0.4, -0.2) is 51.9 Å². The fourth-order valence-corrected chi connectivity index (χ4v) is 4.97. The zero-order valence-electron chi connectivity index (χ0n) is 15.8. The zero-order chi connectivity index (χ0) is 20.0. The topological polar surface area (TPSA) is 62.2 Å². The number of benzene rings is 2. The molecule has 0 radical (unpaired) electrons. The summed E-state index contributed by atoms with van der Waals surface area (Å²) in [6.45, 7) is 4.85. The third kappa shape index (κ3) is 3.30. The minimum atomic E-state index is 0.0281. The monoisotopic (exact) mass is 423 g/mol. The standard InChI is InChI=1S/C21H18ClN5OS/c1-13-2-4-15(22)19-18(13)25-21(29-19)27-10-8-26(9-11-27)20(28)14-3-5-16-17(12-14)24-7-6-23-16/h2-7,12H,8-11H2,1H3. The van der Waals surface area contributed by atoms with Crippen LogP contribution >= 0.6 is 22.9 Å². The van der Waals surface area contributed by atoms with Crippen molar-refractivity contribution in [3.63, 3.8) is 0 Å². The molecule has 4 aromatic rings. The van der Waals surface area contributed by atoms with E-state index in [0.717, 1.165) is 50.1 Å². The van der Waals surface area contributed by atoms with Gasteiger partial charge in [0, 0.05) is 44.1 Å². The van der Waals surface area contributed by atoms with Gasteiger partial charge in [-0.25, -0.2) is 4.98 Å². The molecule has 0 N–H and O–H groups in total. The molecule has 3 heterocycles. The van der Waals surface area contributed by atoms with Crippen molar-refractivity contribution in [2.24, 2.45) is 0 Å². The van der Waals surface area contributed by atoms with Crippen LogP contribution in [0.25, 0.3) is 21.3 Å². The molecule has 0 atom stereocenters. The number of aryl methyl sites for hydroxylation is 1. The maximum absolute atomic E-state index is 12.9. The van der Waals surface area contributed by atoms with Gasteiger partial charge in [0.15, 0.2) is 5.13 Å². The highest BCUT2D eigenvalue weighted by atomic mass is 35.5. The van der Waals surface area contributed by atoms with Crippen LogP contribution in [0.4, 0.5) is 5.13 Å². The Morgan fingerprint density at radius 3 is 2.55 bits per heavy atom. The first-order valence-corrected chi connectivity index (χ1v) is 10.6. The molecular formula is C21H18ClN5OS. The van der Waals surface area contributed by atoms with Crippen LogP contribution in [-0.2, 0) is 0 Å². The first kappa shape index (κ1) is 18.3. The summed E-state index contributed by atoms with van der Waals surface area (Å²) >= 11 is 7.96. The number of thiazole rings is 1. The number of rotatable bonds is 2. The van der Waals surface area contributed by atoms with Crippen LogP contribution < -0.4 is 4.90 Å². The van der Waals surface area contributed by atoms with Crippen molar-refractivity contribution in [3.05, 3.63) is 58.9 Å². The molecule has 1 amide bonds. The number of nitrogens with zero attached hydrogens (tertiary/aromatic N) is 5. The lowest BCUT2D eigenvalue weighted by molar-refractivity contribution is 0.0747. The number of carbonyl (C=O) groups excluding carboxylic acids is 1. The lowest BCUT2D eigenvalue weighted by Crippen LogP contribution is -2.48. The number of fused-ring (bicyclic) bond motifs is 2. The van der Waals surface area contributed by atoms with Gasteiger partial charge >= 0.3 is 0 Å². The van der Waals surface area contributed by atoms with Crippen molar-refractivity contribution in [2.75, 3.05) is 31.1 Å². The van der Waals surface area contributed by atoms with Crippen molar-refractivity contribution in [1.29, 1.82) is 0 Å². The lowest BCUT2D eigenvalue weighted by Gasteiger charge is -2.34. The Morgan fingerprint density at radius 2 is 1.79 bits per heavy atom. The van der Waals surface area contributed by atoms with E-state index >= 15 is 0 Å². The molecule has 0 spiro atoms. The summed E-state index contributed by atoms with van der Waals surface area (Å²) in [7, 11) is 0. The number of hydrogen-bond acceptors (Lipinski definition) is 6. The highest BCUT2D eigenvalue weighted by Crippen LogP contribution is 2.35. The zero-order valence-corrected chi connectivity index (χ0v) is 17.4. The summed E-state index contributed by atoms with van der Waals surface area (Å²) in [4.78, 5) is 30.4. The summed E-state index contributed by atoms with van der Waals surface area (Å²) in [6, 6.07) is 9.41. The first-order valence-electron chi connectivity index (χ1n) is 9.41. The van der Waals surface area contributed by atoms with Crippen molar-refractivity contribution in [1.82, 2.24) is 19.9 Å². The maximum atomic E-state index is 12.9. The van der Waals surface area contributed by atoms with Gasteiger partial charge in [-0.05, 0) is 36.8 Å². The van der Waals surface area contributed by atoms with Crippen LogP contribution in [0.15, 0.2) is 42.7 Å². The van der Waals surface area contributed by atoms with Crippen molar-refractivity contribution in [3.8, 4) is 0 Å². The summed E-state index contributed by atoms with van der Waals surface area (Å²) in [5, 5.41) is 1.70. The second kappa shape index (κ2) is 7.24. The Balaban J connectivity index is 1.32. The average molecular weight is 424 g/mol. The fraction of sp³-hybridized carbons (Fsp3) is 0.238. The van der Waals surface area contributed by atoms with Crippen LogP contribution in [0, 0.1) is 6.92 Å². The Morgan fingerprint density at radius 1 is 1.03 bits per heavy atom. The molecule has 5 rings (SSSR count). The second-order valence-electron chi connectivity index (χ2n) is 7.08.